The van der Waals surface area contributed by atoms with Gasteiger partial charge in [-0.2, -0.15) is 0 Å². The normalized spacial score (nSPS) is 17.9. The summed E-state index contributed by atoms with van der Waals surface area (Å²) in [4.78, 5) is 2.44. The molecule has 0 saturated carbocycles. The molecule has 1 aliphatic rings. The molecule has 0 aliphatic carbocycles. The van der Waals surface area contributed by atoms with Crippen molar-refractivity contribution in [2.45, 2.75) is 39.2 Å². The zero-order chi connectivity index (χ0) is 14.1. The summed E-state index contributed by atoms with van der Waals surface area (Å²) >= 11 is 0. The van der Waals surface area contributed by atoms with Gasteiger partial charge in [0.25, 0.3) is 6.43 Å². The van der Waals surface area contributed by atoms with E-state index in [4.69, 9.17) is 4.74 Å². The fourth-order valence-electron chi connectivity index (χ4n) is 2.14. The molecule has 1 heterocycles. The molecule has 1 saturated heterocycles. The summed E-state index contributed by atoms with van der Waals surface area (Å²) in [7, 11) is 0. The third-order valence-corrected chi connectivity index (χ3v) is 3.27. The molecule has 0 atom stereocenters. The Morgan fingerprint density at radius 3 is 2.63 bits per heavy atom. The lowest BCUT2D eigenvalue weighted by atomic mass is 10.1. The number of halogens is 2. The second kappa shape index (κ2) is 9.39. The lowest BCUT2D eigenvalue weighted by molar-refractivity contribution is 0.0177. The third kappa shape index (κ3) is 8.29. The largest absolute Gasteiger partial charge is 0.374 e. The molecule has 112 valence electrons. The number of likely N-dealkylation sites (tertiary alicyclic amines) is 1. The lowest BCUT2D eigenvalue weighted by Gasteiger charge is -2.31. The van der Waals surface area contributed by atoms with E-state index in [9.17, 15) is 8.78 Å². The quantitative estimate of drug-likeness (QED) is 0.544. The van der Waals surface area contributed by atoms with Gasteiger partial charge >= 0.3 is 0 Å². The van der Waals surface area contributed by atoms with Gasteiger partial charge in [-0.25, -0.2) is 8.78 Å². The second-order valence-electron chi connectivity index (χ2n) is 5.28. The first-order valence-corrected chi connectivity index (χ1v) is 7.03. The highest BCUT2D eigenvalue weighted by atomic mass is 19.3. The van der Waals surface area contributed by atoms with Crippen molar-refractivity contribution in [3.05, 3.63) is 11.6 Å². The van der Waals surface area contributed by atoms with Crippen LogP contribution in [0.15, 0.2) is 11.6 Å². The van der Waals surface area contributed by atoms with Crippen molar-refractivity contribution in [2.75, 3.05) is 39.4 Å². The summed E-state index contributed by atoms with van der Waals surface area (Å²) in [6.07, 6.45) is 2.13. The van der Waals surface area contributed by atoms with Crippen molar-refractivity contribution in [2.24, 2.45) is 0 Å². The second-order valence-corrected chi connectivity index (χ2v) is 5.28. The van der Waals surface area contributed by atoms with Crippen LogP contribution >= 0.6 is 0 Å². The van der Waals surface area contributed by atoms with E-state index < -0.39 is 13.0 Å². The standard InChI is InChI=1S/C14H26F2N2O/c1-12(2)3-7-18-8-4-13(5-9-18)17-6-10-19-11-14(15)16/h3,13-14,17H,4-11H2,1-2H3. The minimum absolute atomic E-state index is 0.363. The van der Waals surface area contributed by atoms with E-state index in [1.54, 1.807) is 0 Å². The molecule has 0 unspecified atom stereocenters. The molecule has 3 nitrogen and oxygen atoms in total. The molecular formula is C14H26F2N2O. The van der Waals surface area contributed by atoms with Crippen molar-refractivity contribution in [1.82, 2.24) is 10.2 Å². The van der Waals surface area contributed by atoms with E-state index in [0.29, 0.717) is 19.2 Å². The maximum Gasteiger partial charge on any atom is 0.261 e. The molecule has 1 fully saturated rings. The van der Waals surface area contributed by atoms with Gasteiger partial charge in [0, 0.05) is 19.1 Å². The molecular weight excluding hydrogens is 250 g/mol. The monoisotopic (exact) mass is 276 g/mol. The van der Waals surface area contributed by atoms with Crippen LogP contribution in [0.4, 0.5) is 8.78 Å². The van der Waals surface area contributed by atoms with Crippen LogP contribution in [-0.2, 0) is 4.74 Å². The molecule has 0 amide bonds. The summed E-state index contributed by atoms with van der Waals surface area (Å²) < 4.78 is 28.5. The van der Waals surface area contributed by atoms with Crippen LogP contribution in [0, 0.1) is 0 Å². The van der Waals surface area contributed by atoms with E-state index in [-0.39, 0.29) is 0 Å². The average Bonchev–Trinajstić information content (AvgIpc) is 2.37. The molecule has 0 aromatic heterocycles. The smallest absolute Gasteiger partial charge is 0.261 e. The predicted octanol–water partition coefficient (Wildman–Crippen LogP) is 2.29. The third-order valence-electron chi connectivity index (χ3n) is 3.27. The summed E-state index contributed by atoms with van der Waals surface area (Å²) in [6.45, 7) is 8.03. The SMILES string of the molecule is CC(C)=CCN1CCC(NCCOCC(F)F)CC1. The molecule has 5 heteroatoms. The van der Waals surface area contributed by atoms with Gasteiger partial charge in [0.1, 0.15) is 6.61 Å². The first-order chi connectivity index (χ1) is 9.08. The van der Waals surface area contributed by atoms with Crippen LogP contribution in [0.1, 0.15) is 26.7 Å². The molecule has 0 aromatic rings. The Morgan fingerprint density at radius 1 is 1.37 bits per heavy atom. The van der Waals surface area contributed by atoms with Crippen molar-refractivity contribution < 1.29 is 13.5 Å². The average molecular weight is 276 g/mol. The van der Waals surface area contributed by atoms with Crippen LogP contribution < -0.4 is 5.32 Å². The van der Waals surface area contributed by atoms with Crippen LogP contribution in [0.3, 0.4) is 0 Å². The van der Waals surface area contributed by atoms with Crippen molar-refractivity contribution >= 4 is 0 Å². The number of piperidine rings is 1. The maximum absolute atomic E-state index is 11.8. The highest BCUT2D eigenvalue weighted by Crippen LogP contribution is 2.10. The van der Waals surface area contributed by atoms with Gasteiger partial charge in [-0.1, -0.05) is 11.6 Å². The minimum atomic E-state index is -2.36. The van der Waals surface area contributed by atoms with E-state index in [0.717, 1.165) is 32.5 Å². The summed E-state index contributed by atoms with van der Waals surface area (Å²) in [5.41, 5.74) is 1.36. The number of alkyl halides is 2. The zero-order valence-electron chi connectivity index (χ0n) is 12.0. The van der Waals surface area contributed by atoms with Crippen LogP contribution in [0.2, 0.25) is 0 Å². The van der Waals surface area contributed by atoms with Crippen molar-refractivity contribution in [3.8, 4) is 0 Å². The van der Waals surface area contributed by atoms with E-state index in [1.807, 2.05) is 0 Å². The summed E-state index contributed by atoms with van der Waals surface area (Å²) in [5.74, 6) is 0. The molecule has 19 heavy (non-hydrogen) atoms. The molecule has 1 aliphatic heterocycles. The number of ether oxygens (including phenoxy) is 1. The van der Waals surface area contributed by atoms with Gasteiger partial charge in [-0.3, -0.25) is 4.90 Å². The molecule has 0 spiro atoms. The Morgan fingerprint density at radius 2 is 2.05 bits per heavy atom. The number of allylic oxidation sites excluding steroid dienone is 1. The Balaban J connectivity index is 2.02. The Bertz CT molecular complexity index is 260. The highest BCUT2D eigenvalue weighted by molar-refractivity contribution is 4.95. The first kappa shape index (κ1) is 16.5. The van der Waals surface area contributed by atoms with Gasteiger partial charge in [-0.15, -0.1) is 0 Å². The number of nitrogens with one attached hydrogen (secondary N) is 1. The van der Waals surface area contributed by atoms with Crippen molar-refractivity contribution in [1.29, 1.82) is 0 Å². The van der Waals surface area contributed by atoms with E-state index in [1.165, 1.54) is 5.57 Å². The molecule has 1 N–H and O–H groups in total. The van der Waals surface area contributed by atoms with Gasteiger partial charge < -0.3 is 10.1 Å². The van der Waals surface area contributed by atoms with Gasteiger partial charge in [0.05, 0.1) is 6.61 Å². The zero-order valence-corrected chi connectivity index (χ0v) is 12.0. The minimum Gasteiger partial charge on any atom is -0.374 e. The number of rotatable bonds is 8. The van der Waals surface area contributed by atoms with Crippen molar-refractivity contribution in [3.63, 3.8) is 0 Å². The molecule has 0 aromatic carbocycles. The summed E-state index contributed by atoms with van der Waals surface area (Å²) in [6, 6.07) is 0.498. The number of hydrogen-bond acceptors (Lipinski definition) is 3. The van der Waals surface area contributed by atoms with Gasteiger partial charge in [0.15, 0.2) is 0 Å². The first-order valence-electron chi connectivity index (χ1n) is 7.03. The Hall–Kier alpha value is -0.520. The number of hydrogen-bond donors (Lipinski definition) is 1. The maximum atomic E-state index is 11.8. The van der Waals surface area contributed by atoms with Gasteiger partial charge in [-0.05, 0) is 39.8 Å². The topological polar surface area (TPSA) is 24.5 Å². The fourth-order valence-corrected chi connectivity index (χ4v) is 2.14. The van der Waals surface area contributed by atoms with E-state index >= 15 is 0 Å². The summed E-state index contributed by atoms with van der Waals surface area (Å²) in [5, 5.41) is 3.37. The fraction of sp³-hybridized carbons (Fsp3) is 0.857. The van der Waals surface area contributed by atoms with Crippen LogP contribution in [0.5, 0.6) is 0 Å². The molecule has 0 radical (unpaired) electrons. The molecule has 0 bridgehead atoms. The Labute approximate surface area is 115 Å². The molecule has 1 rings (SSSR count). The van der Waals surface area contributed by atoms with E-state index in [2.05, 4.69) is 30.1 Å². The lowest BCUT2D eigenvalue weighted by Crippen LogP contribution is -2.43. The number of nitrogens with zero attached hydrogens (tertiary/aromatic N) is 1. The van der Waals surface area contributed by atoms with Crippen LogP contribution in [-0.4, -0.2) is 56.8 Å². The van der Waals surface area contributed by atoms with Crippen LogP contribution in [0.25, 0.3) is 0 Å². The predicted molar refractivity (Wildman–Crippen MR) is 73.7 cm³/mol. The highest BCUT2D eigenvalue weighted by Gasteiger charge is 2.17. The Kier molecular flexibility index (Phi) is 8.18. The van der Waals surface area contributed by atoms with Gasteiger partial charge in [0.2, 0.25) is 0 Å².